The van der Waals surface area contributed by atoms with E-state index in [0.717, 1.165) is 10.5 Å². The first-order valence-corrected chi connectivity index (χ1v) is 7.16. The molecule has 1 aromatic carbocycles. The van der Waals surface area contributed by atoms with Crippen molar-refractivity contribution in [3.05, 3.63) is 29.8 Å². The zero-order valence-corrected chi connectivity index (χ0v) is 12.7. The van der Waals surface area contributed by atoms with Gasteiger partial charge in [0.15, 0.2) is 0 Å². The fraction of sp³-hybridized carbons (Fsp3) is 0.533. The molecule has 1 amide bonds. The van der Waals surface area contributed by atoms with E-state index in [-0.39, 0.29) is 19.8 Å². The second kappa shape index (κ2) is 7.76. The van der Waals surface area contributed by atoms with Gasteiger partial charge < -0.3 is 14.8 Å². The number of carbonyl (C=O) groups excluding carboxylic acids is 1. The Morgan fingerprint density at radius 3 is 2.96 bits per heavy atom. The molecule has 1 aliphatic heterocycles. The van der Waals surface area contributed by atoms with Crippen molar-refractivity contribution >= 4 is 11.6 Å². The third-order valence-electron chi connectivity index (χ3n) is 3.43. The maximum Gasteiger partial charge on any atom is 0.401 e. The zero-order valence-electron chi connectivity index (χ0n) is 12.7. The SMILES string of the molecule is COCc1cccc(NC(=O)[C@@H]2COCCN2CC(F)(F)F)c1. The van der Waals surface area contributed by atoms with E-state index in [2.05, 4.69) is 5.32 Å². The molecule has 0 unspecified atom stereocenters. The van der Waals surface area contributed by atoms with Crippen LogP contribution in [-0.2, 0) is 20.9 Å². The summed E-state index contributed by atoms with van der Waals surface area (Å²) in [6, 6.07) is 6.01. The number of amides is 1. The Morgan fingerprint density at radius 2 is 2.26 bits per heavy atom. The van der Waals surface area contributed by atoms with Crippen LogP contribution < -0.4 is 5.32 Å². The number of rotatable bonds is 5. The number of carbonyl (C=O) groups is 1. The first-order valence-electron chi connectivity index (χ1n) is 7.16. The number of nitrogens with zero attached hydrogens (tertiary/aromatic N) is 1. The number of hydrogen-bond acceptors (Lipinski definition) is 4. The molecule has 5 nitrogen and oxygen atoms in total. The third-order valence-corrected chi connectivity index (χ3v) is 3.43. The minimum absolute atomic E-state index is 0.0559. The number of halogens is 3. The highest BCUT2D eigenvalue weighted by Gasteiger charge is 2.38. The lowest BCUT2D eigenvalue weighted by atomic mass is 10.1. The number of ether oxygens (including phenoxy) is 2. The van der Waals surface area contributed by atoms with E-state index in [0.29, 0.717) is 12.3 Å². The van der Waals surface area contributed by atoms with Crippen molar-refractivity contribution < 1.29 is 27.4 Å². The average molecular weight is 332 g/mol. The molecule has 1 fully saturated rings. The summed E-state index contributed by atoms with van der Waals surface area (Å²) < 4.78 is 48.0. The molecule has 1 atom stereocenters. The Balaban J connectivity index is 2.04. The van der Waals surface area contributed by atoms with Crippen LogP contribution in [0, 0.1) is 0 Å². The van der Waals surface area contributed by atoms with Gasteiger partial charge in [-0.15, -0.1) is 0 Å². The lowest BCUT2D eigenvalue weighted by Crippen LogP contribution is -2.54. The molecule has 1 N–H and O–H groups in total. The molecule has 0 radical (unpaired) electrons. The lowest BCUT2D eigenvalue weighted by Gasteiger charge is -2.34. The molecule has 1 aromatic rings. The molecule has 8 heteroatoms. The van der Waals surface area contributed by atoms with Crippen LogP contribution in [0.1, 0.15) is 5.56 Å². The summed E-state index contributed by atoms with van der Waals surface area (Å²) in [6.45, 7) is -0.543. The predicted octanol–water partition coefficient (Wildman–Crippen LogP) is 2.03. The molecular formula is C15H19F3N2O3. The number of benzene rings is 1. The summed E-state index contributed by atoms with van der Waals surface area (Å²) in [5, 5.41) is 2.64. The minimum atomic E-state index is -4.35. The van der Waals surface area contributed by atoms with E-state index in [4.69, 9.17) is 9.47 Å². The molecule has 0 spiro atoms. The Labute approximate surface area is 132 Å². The second-order valence-electron chi connectivity index (χ2n) is 5.30. The Kier molecular flexibility index (Phi) is 5.97. The van der Waals surface area contributed by atoms with Gasteiger partial charge in [-0.2, -0.15) is 13.2 Å². The summed E-state index contributed by atoms with van der Waals surface area (Å²) in [5.74, 6) is -0.511. The first kappa shape index (κ1) is 17.7. The number of anilines is 1. The van der Waals surface area contributed by atoms with Crippen LogP contribution in [0.2, 0.25) is 0 Å². The fourth-order valence-electron chi connectivity index (χ4n) is 2.43. The highest BCUT2D eigenvalue weighted by Crippen LogP contribution is 2.20. The van der Waals surface area contributed by atoms with E-state index in [1.165, 1.54) is 0 Å². The monoisotopic (exact) mass is 332 g/mol. The number of hydrogen-bond donors (Lipinski definition) is 1. The Bertz CT molecular complexity index is 537. The van der Waals surface area contributed by atoms with Crippen LogP contribution in [0.5, 0.6) is 0 Å². The van der Waals surface area contributed by atoms with Gasteiger partial charge in [0, 0.05) is 19.3 Å². The maximum absolute atomic E-state index is 12.6. The van der Waals surface area contributed by atoms with Crippen molar-refractivity contribution in [1.82, 2.24) is 4.90 Å². The van der Waals surface area contributed by atoms with Gasteiger partial charge in [-0.1, -0.05) is 12.1 Å². The van der Waals surface area contributed by atoms with Crippen molar-refractivity contribution in [3.8, 4) is 0 Å². The van der Waals surface area contributed by atoms with E-state index in [1.807, 2.05) is 6.07 Å². The molecule has 1 saturated heterocycles. The zero-order chi connectivity index (χ0) is 16.9. The van der Waals surface area contributed by atoms with Gasteiger partial charge in [-0.3, -0.25) is 9.69 Å². The molecule has 0 aromatic heterocycles. The third kappa shape index (κ3) is 5.49. The van der Waals surface area contributed by atoms with Crippen LogP contribution in [-0.4, -0.2) is 56.4 Å². The largest absolute Gasteiger partial charge is 0.401 e. The molecule has 23 heavy (non-hydrogen) atoms. The van der Waals surface area contributed by atoms with E-state index < -0.39 is 24.7 Å². The normalized spacial score (nSPS) is 19.6. The summed E-state index contributed by atoms with van der Waals surface area (Å²) in [7, 11) is 1.56. The van der Waals surface area contributed by atoms with E-state index in [9.17, 15) is 18.0 Å². The maximum atomic E-state index is 12.6. The van der Waals surface area contributed by atoms with Gasteiger partial charge in [-0.05, 0) is 17.7 Å². The summed E-state index contributed by atoms with van der Waals surface area (Å²) in [5.41, 5.74) is 1.37. The van der Waals surface area contributed by atoms with Crippen molar-refractivity contribution in [2.45, 2.75) is 18.8 Å². The van der Waals surface area contributed by atoms with Crippen LogP contribution in [0.4, 0.5) is 18.9 Å². The fourth-order valence-corrected chi connectivity index (χ4v) is 2.43. The molecule has 0 bridgehead atoms. The summed E-state index contributed by atoms with van der Waals surface area (Å²) in [6.07, 6.45) is -4.35. The minimum Gasteiger partial charge on any atom is -0.380 e. The highest BCUT2D eigenvalue weighted by molar-refractivity contribution is 5.95. The van der Waals surface area contributed by atoms with Gasteiger partial charge in [0.1, 0.15) is 6.04 Å². The Morgan fingerprint density at radius 1 is 1.48 bits per heavy atom. The number of methoxy groups -OCH3 is 1. The van der Waals surface area contributed by atoms with Crippen LogP contribution >= 0.6 is 0 Å². The van der Waals surface area contributed by atoms with Gasteiger partial charge in [0.2, 0.25) is 5.91 Å². The van der Waals surface area contributed by atoms with Gasteiger partial charge in [0.05, 0.1) is 26.4 Å². The quantitative estimate of drug-likeness (QED) is 0.896. The number of nitrogens with one attached hydrogen (secondary N) is 1. The first-order chi connectivity index (χ1) is 10.9. The molecule has 128 valence electrons. The highest BCUT2D eigenvalue weighted by atomic mass is 19.4. The van der Waals surface area contributed by atoms with Gasteiger partial charge in [0.25, 0.3) is 0 Å². The smallest absolute Gasteiger partial charge is 0.380 e. The summed E-state index contributed by atoms with van der Waals surface area (Å²) >= 11 is 0. The van der Waals surface area contributed by atoms with Crippen molar-refractivity contribution in [1.29, 1.82) is 0 Å². The molecule has 2 rings (SSSR count). The molecule has 1 aliphatic rings. The van der Waals surface area contributed by atoms with Gasteiger partial charge >= 0.3 is 6.18 Å². The van der Waals surface area contributed by atoms with Gasteiger partial charge in [-0.25, -0.2) is 0 Å². The molecule has 1 heterocycles. The van der Waals surface area contributed by atoms with Crippen molar-refractivity contribution in [2.75, 3.05) is 38.7 Å². The topological polar surface area (TPSA) is 50.8 Å². The molecule has 0 aliphatic carbocycles. The number of morpholine rings is 1. The average Bonchev–Trinajstić information content (AvgIpc) is 2.47. The Hall–Kier alpha value is -1.64. The van der Waals surface area contributed by atoms with Crippen LogP contribution in [0.3, 0.4) is 0 Å². The standard InChI is InChI=1S/C15H19F3N2O3/c1-22-8-11-3-2-4-12(7-11)19-14(21)13-9-23-6-5-20(13)10-15(16,17)18/h2-4,7,13H,5-6,8-10H2,1H3,(H,19,21)/t13-/m0/s1. The second-order valence-corrected chi connectivity index (χ2v) is 5.30. The van der Waals surface area contributed by atoms with Crippen molar-refractivity contribution in [3.63, 3.8) is 0 Å². The van der Waals surface area contributed by atoms with E-state index in [1.54, 1.807) is 25.3 Å². The van der Waals surface area contributed by atoms with Crippen molar-refractivity contribution in [2.24, 2.45) is 0 Å². The lowest BCUT2D eigenvalue weighted by molar-refractivity contribution is -0.165. The molecular weight excluding hydrogens is 313 g/mol. The molecule has 0 saturated carbocycles. The van der Waals surface area contributed by atoms with Crippen LogP contribution in [0.25, 0.3) is 0 Å². The number of alkyl halides is 3. The van der Waals surface area contributed by atoms with E-state index >= 15 is 0 Å². The van der Waals surface area contributed by atoms with Crippen LogP contribution in [0.15, 0.2) is 24.3 Å². The summed E-state index contributed by atoms with van der Waals surface area (Å²) in [4.78, 5) is 13.4. The predicted molar refractivity (Wildman–Crippen MR) is 78.0 cm³/mol.